The molecule has 1 amide bonds. The van der Waals surface area contributed by atoms with Crippen LogP contribution in [0.25, 0.3) is 0 Å². The fraction of sp³-hybridized carbons (Fsp3) is 0.682. The molecule has 0 bridgehead atoms. The van der Waals surface area contributed by atoms with Crippen molar-refractivity contribution < 1.29 is 19.0 Å². The Morgan fingerprint density at radius 3 is 2.57 bits per heavy atom. The molecule has 0 aliphatic carbocycles. The molecule has 1 N–H and O–H groups in total. The number of carbonyl (C=O) groups excluding carboxylic acids is 1. The van der Waals surface area contributed by atoms with Crippen LogP contribution in [-0.4, -0.2) is 56.5 Å². The number of likely N-dealkylation sites (tertiary alicyclic amines) is 1. The van der Waals surface area contributed by atoms with Gasteiger partial charge in [-0.15, -0.1) is 0 Å². The smallest absolute Gasteiger partial charge is 0.237 e. The van der Waals surface area contributed by atoms with E-state index in [4.69, 9.17) is 14.2 Å². The Kier molecular flexibility index (Phi) is 6.07. The van der Waals surface area contributed by atoms with Gasteiger partial charge < -0.3 is 19.5 Å². The number of hydrogen-bond acceptors (Lipinski definition) is 5. The van der Waals surface area contributed by atoms with Crippen molar-refractivity contribution >= 4 is 5.91 Å². The largest absolute Gasteiger partial charge is 0.454 e. The molecule has 28 heavy (non-hydrogen) atoms. The van der Waals surface area contributed by atoms with Gasteiger partial charge in [-0.3, -0.25) is 9.69 Å². The lowest BCUT2D eigenvalue weighted by Crippen LogP contribution is -2.50. The van der Waals surface area contributed by atoms with E-state index in [0.717, 1.165) is 37.4 Å². The second-order valence-corrected chi connectivity index (χ2v) is 8.30. The van der Waals surface area contributed by atoms with Crippen molar-refractivity contribution in [3.8, 4) is 11.5 Å². The number of carbonyl (C=O) groups is 1. The first-order valence-corrected chi connectivity index (χ1v) is 10.7. The average molecular weight is 389 g/mol. The van der Waals surface area contributed by atoms with Crippen LogP contribution < -0.4 is 14.8 Å². The zero-order valence-electron chi connectivity index (χ0n) is 16.9. The highest BCUT2D eigenvalue weighted by molar-refractivity contribution is 5.81. The summed E-state index contributed by atoms with van der Waals surface area (Å²) >= 11 is 0. The van der Waals surface area contributed by atoms with Crippen molar-refractivity contribution in [1.82, 2.24) is 10.2 Å². The third kappa shape index (κ3) is 4.13. The van der Waals surface area contributed by atoms with E-state index in [1.165, 1.54) is 31.2 Å². The van der Waals surface area contributed by atoms with Crippen LogP contribution in [0.15, 0.2) is 18.2 Å². The summed E-state index contributed by atoms with van der Waals surface area (Å²) in [4.78, 5) is 15.3. The predicted octanol–water partition coefficient (Wildman–Crippen LogP) is 2.84. The van der Waals surface area contributed by atoms with Gasteiger partial charge in [0, 0.05) is 25.2 Å². The topological polar surface area (TPSA) is 60.0 Å². The molecule has 6 heteroatoms. The zero-order chi connectivity index (χ0) is 19.4. The minimum Gasteiger partial charge on any atom is -0.454 e. The lowest BCUT2D eigenvalue weighted by molar-refractivity contribution is -0.126. The Balaban J connectivity index is 1.45. The highest BCUT2D eigenvalue weighted by Crippen LogP contribution is 2.40. The molecular weight excluding hydrogens is 356 g/mol. The molecule has 2 fully saturated rings. The quantitative estimate of drug-likeness (QED) is 0.841. The van der Waals surface area contributed by atoms with Crippen LogP contribution in [-0.2, 0) is 14.9 Å². The Hall–Kier alpha value is -1.79. The molecule has 1 aromatic carbocycles. The summed E-state index contributed by atoms with van der Waals surface area (Å²) in [6.07, 6.45) is 6.72. The molecule has 2 saturated heterocycles. The lowest BCUT2D eigenvalue weighted by Gasteiger charge is -2.38. The minimum atomic E-state index is -0.118. The van der Waals surface area contributed by atoms with Crippen LogP contribution in [0.2, 0.25) is 0 Å². The molecule has 3 aliphatic rings. The van der Waals surface area contributed by atoms with Gasteiger partial charge in [-0.25, -0.2) is 0 Å². The van der Waals surface area contributed by atoms with Gasteiger partial charge in [-0.2, -0.15) is 0 Å². The van der Waals surface area contributed by atoms with Crippen LogP contribution in [0, 0.1) is 0 Å². The van der Waals surface area contributed by atoms with E-state index in [-0.39, 0.29) is 24.2 Å². The van der Waals surface area contributed by atoms with Crippen LogP contribution in [0.4, 0.5) is 0 Å². The standard InChI is InChI=1S/C22H32N2O4/c1-17(24-10-4-2-3-5-11-24)21(25)23-15-22(8-12-26-13-9-22)18-6-7-19-20(14-18)28-16-27-19/h6-7,14,17H,2-5,8-13,15-16H2,1H3,(H,23,25). The van der Waals surface area contributed by atoms with Gasteiger partial charge in [0.15, 0.2) is 11.5 Å². The van der Waals surface area contributed by atoms with Gasteiger partial charge in [-0.1, -0.05) is 18.9 Å². The summed E-state index contributed by atoms with van der Waals surface area (Å²) in [5.74, 6) is 1.73. The highest BCUT2D eigenvalue weighted by Gasteiger charge is 2.36. The minimum absolute atomic E-state index is 0.0771. The van der Waals surface area contributed by atoms with Gasteiger partial charge in [0.05, 0.1) is 6.04 Å². The Bertz CT molecular complexity index is 679. The van der Waals surface area contributed by atoms with Gasteiger partial charge in [0.1, 0.15) is 0 Å². The lowest BCUT2D eigenvalue weighted by atomic mass is 9.74. The van der Waals surface area contributed by atoms with Crippen molar-refractivity contribution in [3.63, 3.8) is 0 Å². The van der Waals surface area contributed by atoms with Gasteiger partial charge >= 0.3 is 0 Å². The van der Waals surface area contributed by atoms with Crippen molar-refractivity contribution in [3.05, 3.63) is 23.8 Å². The number of ether oxygens (including phenoxy) is 3. The molecular formula is C22H32N2O4. The van der Waals surface area contributed by atoms with E-state index in [1.807, 2.05) is 13.0 Å². The maximum absolute atomic E-state index is 12.9. The Morgan fingerprint density at radius 1 is 1.11 bits per heavy atom. The molecule has 4 rings (SSSR count). The van der Waals surface area contributed by atoms with Crippen LogP contribution >= 0.6 is 0 Å². The monoisotopic (exact) mass is 388 g/mol. The molecule has 0 spiro atoms. The number of nitrogens with zero attached hydrogens (tertiary/aromatic N) is 1. The molecule has 0 saturated carbocycles. The van der Waals surface area contributed by atoms with E-state index in [1.54, 1.807) is 0 Å². The third-order valence-corrected chi connectivity index (χ3v) is 6.60. The summed E-state index contributed by atoms with van der Waals surface area (Å²) in [6, 6.07) is 6.10. The number of hydrogen-bond donors (Lipinski definition) is 1. The summed E-state index contributed by atoms with van der Waals surface area (Å²) in [5.41, 5.74) is 1.08. The average Bonchev–Trinajstić information content (AvgIpc) is 3.04. The molecule has 154 valence electrons. The van der Waals surface area contributed by atoms with E-state index in [0.29, 0.717) is 19.8 Å². The first kappa shape index (κ1) is 19.5. The summed E-state index contributed by atoms with van der Waals surface area (Å²) in [5, 5.41) is 3.27. The fourth-order valence-electron chi connectivity index (χ4n) is 4.61. The maximum atomic E-state index is 12.9. The van der Waals surface area contributed by atoms with E-state index in [9.17, 15) is 4.79 Å². The van der Waals surface area contributed by atoms with Crippen molar-refractivity contribution in [1.29, 1.82) is 0 Å². The van der Waals surface area contributed by atoms with Crippen molar-refractivity contribution in [2.75, 3.05) is 39.6 Å². The SMILES string of the molecule is CC(C(=O)NCC1(c2ccc3c(c2)OCO3)CCOCC1)N1CCCCCC1. The molecule has 1 unspecified atom stereocenters. The van der Waals surface area contributed by atoms with Crippen molar-refractivity contribution in [2.24, 2.45) is 0 Å². The van der Waals surface area contributed by atoms with Gasteiger partial charge in [0.25, 0.3) is 0 Å². The first-order valence-electron chi connectivity index (χ1n) is 10.7. The first-order chi connectivity index (χ1) is 13.7. The molecule has 0 aromatic heterocycles. The number of rotatable bonds is 5. The number of fused-ring (bicyclic) bond motifs is 1. The van der Waals surface area contributed by atoms with Crippen LogP contribution in [0.1, 0.15) is 51.0 Å². The predicted molar refractivity (Wildman–Crippen MR) is 107 cm³/mol. The van der Waals surface area contributed by atoms with E-state index < -0.39 is 0 Å². The number of amides is 1. The number of nitrogens with one attached hydrogen (secondary N) is 1. The van der Waals surface area contributed by atoms with Gasteiger partial charge in [-0.05, 0) is 63.4 Å². The molecule has 3 heterocycles. The van der Waals surface area contributed by atoms with Crippen LogP contribution in [0.3, 0.4) is 0 Å². The number of benzene rings is 1. The Morgan fingerprint density at radius 2 is 1.82 bits per heavy atom. The van der Waals surface area contributed by atoms with Crippen molar-refractivity contribution in [2.45, 2.75) is 56.9 Å². The Labute approximate surface area is 167 Å². The fourth-order valence-corrected chi connectivity index (χ4v) is 4.61. The van der Waals surface area contributed by atoms with Crippen LogP contribution in [0.5, 0.6) is 11.5 Å². The van der Waals surface area contributed by atoms with Gasteiger partial charge in [0.2, 0.25) is 12.7 Å². The normalized spacial score (nSPS) is 23.0. The maximum Gasteiger partial charge on any atom is 0.237 e. The zero-order valence-corrected chi connectivity index (χ0v) is 16.9. The summed E-state index contributed by atoms with van der Waals surface area (Å²) < 4.78 is 16.7. The van der Waals surface area contributed by atoms with E-state index >= 15 is 0 Å². The molecule has 3 aliphatic heterocycles. The summed E-state index contributed by atoms with van der Waals surface area (Å²) in [7, 11) is 0. The second-order valence-electron chi connectivity index (χ2n) is 8.30. The molecule has 6 nitrogen and oxygen atoms in total. The third-order valence-electron chi connectivity index (χ3n) is 6.60. The molecule has 0 radical (unpaired) electrons. The molecule has 1 aromatic rings. The summed E-state index contributed by atoms with van der Waals surface area (Å²) in [6.45, 7) is 6.42. The van der Waals surface area contributed by atoms with E-state index in [2.05, 4.69) is 22.3 Å². The second kappa shape index (κ2) is 8.70. The molecule has 1 atom stereocenters. The highest BCUT2D eigenvalue weighted by atomic mass is 16.7.